The molecule has 0 spiro atoms. The maximum absolute atomic E-state index is 12.0. The van der Waals surface area contributed by atoms with E-state index in [1.807, 2.05) is 10.8 Å². The van der Waals surface area contributed by atoms with Crippen molar-refractivity contribution in [3.63, 3.8) is 0 Å². The number of allylic oxidation sites excluding steroid dienone is 1. The number of nitrogens with one attached hydrogen (secondary N) is 1. The van der Waals surface area contributed by atoms with E-state index in [1.165, 1.54) is 4.68 Å². The molecular formula is C13H16BrN5O. The summed E-state index contributed by atoms with van der Waals surface area (Å²) in [6.07, 6.45) is 9.68. The monoisotopic (exact) mass is 337 g/mol. The maximum Gasteiger partial charge on any atom is 0.283 e. The van der Waals surface area contributed by atoms with Crippen molar-refractivity contribution in [2.24, 2.45) is 0 Å². The van der Waals surface area contributed by atoms with Gasteiger partial charge in [0.15, 0.2) is 0 Å². The van der Waals surface area contributed by atoms with Crippen molar-refractivity contribution in [1.29, 1.82) is 0 Å². The molecule has 2 heterocycles. The van der Waals surface area contributed by atoms with Crippen molar-refractivity contribution in [1.82, 2.24) is 19.3 Å². The summed E-state index contributed by atoms with van der Waals surface area (Å²) in [5, 5.41) is 7.29. The van der Waals surface area contributed by atoms with E-state index < -0.39 is 0 Å². The molecule has 20 heavy (non-hydrogen) atoms. The van der Waals surface area contributed by atoms with E-state index >= 15 is 0 Å². The van der Waals surface area contributed by atoms with Crippen LogP contribution in [0.15, 0.2) is 46.8 Å². The molecule has 2 aromatic heterocycles. The van der Waals surface area contributed by atoms with E-state index in [-0.39, 0.29) is 5.56 Å². The van der Waals surface area contributed by atoms with Gasteiger partial charge in [0, 0.05) is 25.5 Å². The van der Waals surface area contributed by atoms with E-state index in [0.717, 1.165) is 19.5 Å². The lowest BCUT2D eigenvalue weighted by Crippen LogP contribution is -2.24. The number of hydrogen-bond donors (Lipinski definition) is 1. The van der Waals surface area contributed by atoms with Gasteiger partial charge in [-0.2, -0.15) is 5.10 Å². The molecule has 2 rings (SSSR count). The Balaban J connectivity index is 1.91. The van der Waals surface area contributed by atoms with Gasteiger partial charge in [-0.05, 0) is 22.4 Å². The molecule has 0 atom stereocenters. The average molecular weight is 338 g/mol. The number of aromatic nitrogens is 4. The number of halogens is 1. The Hall–Kier alpha value is -1.89. The molecule has 1 N–H and O–H groups in total. The van der Waals surface area contributed by atoms with Crippen LogP contribution in [0.2, 0.25) is 0 Å². The van der Waals surface area contributed by atoms with Crippen LogP contribution in [0.3, 0.4) is 0 Å². The standard InChI is InChI=1S/C13H16BrN5O/c1-2-6-19-13(20)12(14)11(9-17-19)16-4-3-7-18-8-5-15-10-18/h2,5,8-10,16H,1,3-4,6-7H2. The predicted octanol–water partition coefficient (Wildman–Crippen LogP) is 1.89. The van der Waals surface area contributed by atoms with E-state index in [1.54, 1.807) is 24.8 Å². The summed E-state index contributed by atoms with van der Waals surface area (Å²) in [6.45, 7) is 5.63. The first-order valence-electron chi connectivity index (χ1n) is 6.28. The van der Waals surface area contributed by atoms with Gasteiger partial charge >= 0.3 is 0 Å². The second-order valence-corrected chi connectivity index (χ2v) is 5.02. The summed E-state index contributed by atoms with van der Waals surface area (Å²) in [4.78, 5) is 15.9. The zero-order valence-corrected chi connectivity index (χ0v) is 12.6. The SMILES string of the molecule is C=CCn1ncc(NCCCn2ccnc2)c(Br)c1=O. The molecule has 7 heteroatoms. The highest BCUT2D eigenvalue weighted by atomic mass is 79.9. The van der Waals surface area contributed by atoms with Crippen molar-refractivity contribution in [3.05, 3.63) is 52.4 Å². The Morgan fingerprint density at radius 3 is 3.05 bits per heavy atom. The number of hydrogen-bond acceptors (Lipinski definition) is 4. The fourth-order valence-corrected chi connectivity index (χ4v) is 2.19. The summed E-state index contributed by atoms with van der Waals surface area (Å²) in [5.41, 5.74) is 0.547. The van der Waals surface area contributed by atoms with Crippen molar-refractivity contribution in [2.75, 3.05) is 11.9 Å². The molecular weight excluding hydrogens is 322 g/mol. The van der Waals surface area contributed by atoms with Crippen LogP contribution >= 0.6 is 15.9 Å². The van der Waals surface area contributed by atoms with Gasteiger partial charge < -0.3 is 9.88 Å². The quantitative estimate of drug-likeness (QED) is 0.619. The third-order valence-electron chi connectivity index (χ3n) is 2.75. The highest BCUT2D eigenvalue weighted by Crippen LogP contribution is 2.15. The highest BCUT2D eigenvalue weighted by molar-refractivity contribution is 9.10. The number of nitrogens with zero attached hydrogens (tertiary/aromatic N) is 4. The third-order valence-corrected chi connectivity index (χ3v) is 3.52. The van der Waals surface area contributed by atoms with Gasteiger partial charge in [-0.3, -0.25) is 4.79 Å². The number of imidazole rings is 1. The molecule has 2 aromatic rings. The largest absolute Gasteiger partial charge is 0.383 e. The van der Waals surface area contributed by atoms with Crippen LogP contribution in [0, 0.1) is 0 Å². The third kappa shape index (κ3) is 3.57. The summed E-state index contributed by atoms with van der Waals surface area (Å²) in [5.74, 6) is 0. The summed E-state index contributed by atoms with van der Waals surface area (Å²) < 4.78 is 3.86. The van der Waals surface area contributed by atoms with Crippen molar-refractivity contribution >= 4 is 21.6 Å². The van der Waals surface area contributed by atoms with Crippen molar-refractivity contribution in [3.8, 4) is 0 Å². The van der Waals surface area contributed by atoms with Gasteiger partial charge in [0.05, 0.1) is 24.8 Å². The maximum atomic E-state index is 12.0. The Bertz CT molecular complexity index is 620. The second kappa shape index (κ2) is 7.04. The molecule has 0 bridgehead atoms. The van der Waals surface area contributed by atoms with Gasteiger partial charge in [-0.1, -0.05) is 6.08 Å². The van der Waals surface area contributed by atoms with Crippen LogP contribution in [-0.4, -0.2) is 25.9 Å². The van der Waals surface area contributed by atoms with E-state index in [4.69, 9.17) is 0 Å². The molecule has 0 aliphatic carbocycles. The summed E-state index contributed by atoms with van der Waals surface area (Å²) in [7, 11) is 0. The van der Waals surface area contributed by atoms with E-state index in [9.17, 15) is 4.79 Å². The van der Waals surface area contributed by atoms with Gasteiger partial charge in [-0.15, -0.1) is 6.58 Å². The van der Waals surface area contributed by atoms with Crippen LogP contribution in [0.25, 0.3) is 0 Å². The normalized spacial score (nSPS) is 10.4. The molecule has 0 aliphatic heterocycles. The Morgan fingerprint density at radius 2 is 2.35 bits per heavy atom. The lowest BCUT2D eigenvalue weighted by molar-refractivity contribution is 0.644. The number of aryl methyl sites for hydroxylation is 1. The van der Waals surface area contributed by atoms with Gasteiger partial charge in [0.25, 0.3) is 5.56 Å². The summed E-state index contributed by atoms with van der Waals surface area (Å²) >= 11 is 3.31. The molecule has 106 valence electrons. The van der Waals surface area contributed by atoms with Crippen LogP contribution < -0.4 is 10.9 Å². The molecule has 0 amide bonds. The second-order valence-electron chi connectivity index (χ2n) is 4.23. The first-order chi connectivity index (χ1) is 9.72. The Kier molecular flexibility index (Phi) is 5.11. The van der Waals surface area contributed by atoms with Crippen LogP contribution in [0.4, 0.5) is 5.69 Å². The Morgan fingerprint density at radius 1 is 1.50 bits per heavy atom. The predicted molar refractivity (Wildman–Crippen MR) is 81.7 cm³/mol. The zero-order valence-electron chi connectivity index (χ0n) is 11.0. The molecule has 0 saturated carbocycles. The summed E-state index contributed by atoms with van der Waals surface area (Å²) in [6, 6.07) is 0. The minimum Gasteiger partial charge on any atom is -0.383 e. The highest BCUT2D eigenvalue weighted by Gasteiger charge is 2.07. The lowest BCUT2D eigenvalue weighted by Gasteiger charge is -2.09. The fourth-order valence-electron chi connectivity index (χ4n) is 1.74. The first kappa shape index (κ1) is 14.5. The molecule has 0 unspecified atom stereocenters. The smallest absolute Gasteiger partial charge is 0.283 e. The molecule has 0 aromatic carbocycles. The minimum absolute atomic E-state index is 0.162. The lowest BCUT2D eigenvalue weighted by atomic mass is 10.4. The topological polar surface area (TPSA) is 64.7 Å². The van der Waals surface area contributed by atoms with Crippen LogP contribution in [-0.2, 0) is 13.1 Å². The molecule has 0 radical (unpaired) electrons. The van der Waals surface area contributed by atoms with E-state index in [2.05, 4.69) is 37.9 Å². The number of rotatable bonds is 7. The zero-order chi connectivity index (χ0) is 14.4. The van der Waals surface area contributed by atoms with E-state index in [0.29, 0.717) is 16.7 Å². The molecule has 6 nitrogen and oxygen atoms in total. The van der Waals surface area contributed by atoms with Gasteiger partial charge in [0.1, 0.15) is 4.47 Å². The van der Waals surface area contributed by atoms with Gasteiger partial charge in [-0.25, -0.2) is 9.67 Å². The van der Waals surface area contributed by atoms with Crippen LogP contribution in [0.5, 0.6) is 0 Å². The van der Waals surface area contributed by atoms with Gasteiger partial charge in [0.2, 0.25) is 0 Å². The van der Waals surface area contributed by atoms with Crippen molar-refractivity contribution in [2.45, 2.75) is 19.5 Å². The molecule has 0 fully saturated rings. The molecule has 0 aliphatic rings. The fraction of sp³-hybridized carbons (Fsp3) is 0.308. The Labute approximate surface area is 125 Å². The minimum atomic E-state index is -0.162. The van der Waals surface area contributed by atoms with Crippen LogP contribution in [0.1, 0.15) is 6.42 Å². The first-order valence-corrected chi connectivity index (χ1v) is 7.08. The average Bonchev–Trinajstić information content (AvgIpc) is 2.95. The van der Waals surface area contributed by atoms with Crippen molar-refractivity contribution < 1.29 is 0 Å². The number of anilines is 1. The molecule has 0 saturated heterocycles.